The van der Waals surface area contributed by atoms with Gasteiger partial charge >= 0.3 is 0 Å². The molecule has 0 spiro atoms. The van der Waals surface area contributed by atoms with Crippen molar-refractivity contribution >= 4 is 34.1 Å². The maximum atomic E-state index is 11.7. The number of benzene rings is 3. The van der Waals surface area contributed by atoms with Crippen LogP contribution in [0.15, 0.2) is 104 Å². The van der Waals surface area contributed by atoms with Gasteiger partial charge in [0.2, 0.25) is 11.9 Å². The van der Waals surface area contributed by atoms with E-state index in [2.05, 4.69) is 27.2 Å². The fourth-order valence-electron chi connectivity index (χ4n) is 3.56. The summed E-state index contributed by atoms with van der Waals surface area (Å²) in [6.45, 7) is 3.50. The lowest BCUT2D eigenvalue weighted by molar-refractivity contribution is -0.111. The van der Waals surface area contributed by atoms with Gasteiger partial charge in [0.1, 0.15) is 0 Å². The molecule has 5 rings (SSSR count). The molecule has 0 bridgehead atoms. The molecule has 160 valence electrons. The summed E-state index contributed by atoms with van der Waals surface area (Å²) in [6, 6.07) is 21.5. The van der Waals surface area contributed by atoms with Crippen molar-refractivity contribution in [2.45, 2.75) is 0 Å². The normalized spacial score (nSPS) is 10.7. The van der Waals surface area contributed by atoms with Gasteiger partial charge in [0.25, 0.3) is 0 Å². The number of nitrogens with zero attached hydrogens (tertiary/aromatic N) is 4. The fourth-order valence-corrected chi connectivity index (χ4v) is 3.56. The zero-order chi connectivity index (χ0) is 22.6. The van der Waals surface area contributed by atoms with Gasteiger partial charge < -0.3 is 15.2 Å². The van der Waals surface area contributed by atoms with Crippen LogP contribution in [0.5, 0.6) is 0 Å². The summed E-state index contributed by atoms with van der Waals surface area (Å²) in [6.07, 6.45) is 8.45. The second-order valence-electron chi connectivity index (χ2n) is 7.35. The van der Waals surface area contributed by atoms with E-state index in [4.69, 9.17) is 4.98 Å². The van der Waals surface area contributed by atoms with Gasteiger partial charge in [0.05, 0.1) is 11.8 Å². The first-order valence-corrected chi connectivity index (χ1v) is 10.3. The second kappa shape index (κ2) is 8.76. The van der Waals surface area contributed by atoms with Crippen molar-refractivity contribution in [1.82, 2.24) is 19.5 Å². The van der Waals surface area contributed by atoms with Crippen LogP contribution in [0, 0.1) is 0 Å². The van der Waals surface area contributed by atoms with Gasteiger partial charge in [-0.25, -0.2) is 15.0 Å². The quantitative estimate of drug-likeness (QED) is 0.353. The monoisotopic (exact) mass is 432 g/mol. The second-order valence-corrected chi connectivity index (χ2v) is 7.35. The summed E-state index contributed by atoms with van der Waals surface area (Å²) in [5, 5.41) is 7.00. The predicted molar refractivity (Wildman–Crippen MR) is 131 cm³/mol. The summed E-state index contributed by atoms with van der Waals surface area (Å²) in [5.41, 5.74) is 5.30. The first-order valence-electron chi connectivity index (χ1n) is 10.3. The molecule has 0 saturated heterocycles. The molecule has 7 heteroatoms. The first-order chi connectivity index (χ1) is 16.2. The van der Waals surface area contributed by atoms with Crippen LogP contribution in [0.3, 0.4) is 0 Å². The summed E-state index contributed by atoms with van der Waals surface area (Å²) < 4.78 is 1.94. The number of carbonyl (C=O) groups is 1. The Morgan fingerprint density at radius 1 is 1.00 bits per heavy atom. The van der Waals surface area contributed by atoms with E-state index in [1.807, 2.05) is 77.5 Å². The number of nitrogens with one attached hydrogen (secondary N) is 2. The summed E-state index contributed by atoms with van der Waals surface area (Å²) in [5.74, 6) is 0.249. The molecule has 0 fully saturated rings. The average molecular weight is 432 g/mol. The minimum absolute atomic E-state index is 0.252. The van der Waals surface area contributed by atoms with E-state index in [-0.39, 0.29) is 5.91 Å². The van der Waals surface area contributed by atoms with Crippen LogP contribution in [0.25, 0.3) is 27.7 Å². The smallest absolute Gasteiger partial charge is 0.247 e. The molecule has 5 aromatic rings. The first kappa shape index (κ1) is 20.1. The Labute approximate surface area is 190 Å². The third-order valence-electron chi connectivity index (χ3n) is 5.16. The lowest BCUT2D eigenvalue weighted by Crippen LogP contribution is -2.07. The maximum Gasteiger partial charge on any atom is 0.247 e. The van der Waals surface area contributed by atoms with Crippen molar-refractivity contribution in [3.05, 3.63) is 104 Å². The molecule has 1 amide bonds. The van der Waals surface area contributed by atoms with E-state index >= 15 is 0 Å². The van der Waals surface area contributed by atoms with Gasteiger partial charge in [-0.1, -0.05) is 36.9 Å². The number of hydrogen-bond acceptors (Lipinski definition) is 5. The number of rotatable bonds is 6. The summed E-state index contributed by atoms with van der Waals surface area (Å²) in [4.78, 5) is 25.0. The van der Waals surface area contributed by atoms with Crippen molar-refractivity contribution in [3.8, 4) is 16.8 Å². The maximum absolute atomic E-state index is 11.7. The molecule has 0 aliphatic heterocycles. The zero-order valence-electron chi connectivity index (χ0n) is 17.6. The molecule has 2 aromatic heterocycles. The van der Waals surface area contributed by atoms with Gasteiger partial charge in [0.15, 0.2) is 0 Å². The van der Waals surface area contributed by atoms with Gasteiger partial charge in [0, 0.05) is 46.6 Å². The van der Waals surface area contributed by atoms with Crippen LogP contribution in [-0.2, 0) is 4.79 Å². The molecule has 3 aromatic carbocycles. The largest absolute Gasteiger partial charge is 0.324 e. The Balaban J connectivity index is 1.46. The van der Waals surface area contributed by atoms with Crippen LogP contribution in [0.4, 0.5) is 17.3 Å². The van der Waals surface area contributed by atoms with E-state index in [1.165, 1.54) is 6.08 Å². The Bertz CT molecular complexity index is 1440. The molecule has 33 heavy (non-hydrogen) atoms. The van der Waals surface area contributed by atoms with Crippen molar-refractivity contribution in [2.24, 2.45) is 0 Å². The summed E-state index contributed by atoms with van der Waals surface area (Å²) in [7, 11) is 0. The lowest BCUT2D eigenvalue weighted by Gasteiger charge is -2.11. The molecule has 0 aliphatic carbocycles. The average Bonchev–Trinajstić information content (AvgIpc) is 3.39. The number of hydrogen-bond donors (Lipinski definition) is 2. The van der Waals surface area contributed by atoms with Crippen LogP contribution < -0.4 is 10.6 Å². The number of anilines is 3. The molecule has 0 aliphatic rings. The van der Waals surface area contributed by atoms with E-state index < -0.39 is 0 Å². The van der Waals surface area contributed by atoms with Crippen molar-refractivity contribution in [2.75, 3.05) is 10.6 Å². The number of para-hydroxylation sites is 1. The van der Waals surface area contributed by atoms with Crippen LogP contribution in [-0.4, -0.2) is 25.4 Å². The molecule has 0 radical (unpaired) electrons. The molecular formula is C26H20N6O. The van der Waals surface area contributed by atoms with Gasteiger partial charge in [-0.2, -0.15) is 0 Å². The van der Waals surface area contributed by atoms with E-state index in [1.54, 1.807) is 18.7 Å². The van der Waals surface area contributed by atoms with E-state index in [0.717, 1.165) is 33.4 Å². The molecule has 7 nitrogen and oxygen atoms in total. The Morgan fingerprint density at radius 3 is 2.64 bits per heavy atom. The minimum atomic E-state index is -0.252. The van der Waals surface area contributed by atoms with Gasteiger partial charge in [-0.3, -0.25) is 4.79 Å². The molecule has 2 heterocycles. The highest BCUT2D eigenvalue weighted by atomic mass is 16.1. The third-order valence-corrected chi connectivity index (χ3v) is 5.16. The highest BCUT2D eigenvalue weighted by Crippen LogP contribution is 2.30. The standard InChI is InChI=1S/C26H20N6O/c1-2-24(33)29-21-7-3-5-18(15-21)23-8-4-6-19-16-28-26(31-25(19)23)30-20-9-11-22(12-10-20)32-14-13-27-17-32/h2-17H,1H2,(H,29,33)(H,28,30,31). The Kier molecular flexibility index (Phi) is 5.35. The number of imidazole rings is 1. The number of fused-ring (bicyclic) bond motifs is 1. The minimum Gasteiger partial charge on any atom is -0.324 e. The van der Waals surface area contributed by atoms with Gasteiger partial charge in [-0.15, -0.1) is 0 Å². The van der Waals surface area contributed by atoms with Crippen LogP contribution in [0.1, 0.15) is 0 Å². The Hall–Kier alpha value is -4.78. The highest BCUT2D eigenvalue weighted by molar-refractivity contribution is 6.00. The van der Waals surface area contributed by atoms with Crippen LogP contribution >= 0.6 is 0 Å². The number of amides is 1. The number of aromatic nitrogens is 4. The molecular weight excluding hydrogens is 412 g/mol. The topological polar surface area (TPSA) is 84.7 Å². The molecule has 0 atom stereocenters. The lowest BCUT2D eigenvalue weighted by atomic mass is 10.0. The zero-order valence-corrected chi connectivity index (χ0v) is 17.6. The summed E-state index contributed by atoms with van der Waals surface area (Å²) >= 11 is 0. The molecule has 0 unspecified atom stereocenters. The van der Waals surface area contributed by atoms with E-state index in [0.29, 0.717) is 11.6 Å². The van der Waals surface area contributed by atoms with Crippen molar-refractivity contribution in [3.63, 3.8) is 0 Å². The fraction of sp³-hybridized carbons (Fsp3) is 0. The predicted octanol–water partition coefficient (Wildman–Crippen LogP) is 5.35. The van der Waals surface area contributed by atoms with E-state index in [9.17, 15) is 4.79 Å². The molecule has 2 N–H and O–H groups in total. The van der Waals surface area contributed by atoms with Crippen LogP contribution in [0.2, 0.25) is 0 Å². The Morgan fingerprint density at radius 2 is 1.85 bits per heavy atom. The third kappa shape index (κ3) is 4.33. The molecule has 0 saturated carbocycles. The van der Waals surface area contributed by atoms with Gasteiger partial charge in [-0.05, 0) is 48.0 Å². The van der Waals surface area contributed by atoms with Crippen molar-refractivity contribution < 1.29 is 4.79 Å². The highest BCUT2D eigenvalue weighted by Gasteiger charge is 2.09. The van der Waals surface area contributed by atoms with Crippen molar-refractivity contribution in [1.29, 1.82) is 0 Å². The number of carbonyl (C=O) groups excluding carboxylic acids is 1. The SMILES string of the molecule is C=CC(=O)Nc1cccc(-c2cccc3cnc(Nc4ccc(-n5ccnc5)cc4)nc23)c1.